The van der Waals surface area contributed by atoms with Gasteiger partial charge < -0.3 is 20.1 Å². The maximum atomic E-state index is 12.0. The molecule has 24 heavy (non-hydrogen) atoms. The molecule has 2 amide bonds. The first-order valence-electron chi connectivity index (χ1n) is 8.64. The zero-order valence-corrected chi connectivity index (χ0v) is 14.9. The molecule has 2 unspecified atom stereocenters. The molecule has 2 rings (SSSR count). The summed E-state index contributed by atoms with van der Waals surface area (Å²) in [5.74, 6) is 0.835. The Morgan fingerprint density at radius 2 is 1.96 bits per heavy atom. The van der Waals surface area contributed by atoms with Crippen molar-refractivity contribution < 1.29 is 14.3 Å². The molecule has 1 aromatic rings. The normalized spacial score (nSPS) is 17.8. The molecule has 2 atom stereocenters. The van der Waals surface area contributed by atoms with E-state index in [2.05, 4.69) is 34.6 Å². The van der Waals surface area contributed by atoms with E-state index in [1.165, 1.54) is 5.56 Å². The number of hydrogen-bond acceptors (Lipinski definition) is 4. The summed E-state index contributed by atoms with van der Waals surface area (Å²) in [6.07, 6.45) is 0.915. The number of carbonyl (C=O) groups is 1. The van der Waals surface area contributed by atoms with Crippen LogP contribution in [-0.2, 0) is 4.74 Å². The second-order valence-corrected chi connectivity index (χ2v) is 6.10. The van der Waals surface area contributed by atoms with Gasteiger partial charge >= 0.3 is 6.03 Å². The molecule has 1 aliphatic heterocycles. The molecule has 6 heteroatoms. The molecular formula is C18H29N3O3. The van der Waals surface area contributed by atoms with E-state index in [0.717, 1.165) is 38.5 Å². The number of rotatable bonds is 7. The van der Waals surface area contributed by atoms with E-state index < -0.39 is 0 Å². The predicted octanol–water partition coefficient (Wildman–Crippen LogP) is 2.17. The van der Waals surface area contributed by atoms with Crippen LogP contribution in [0.1, 0.15) is 31.9 Å². The van der Waals surface area contributed by atoms with Crippen LogP contribution < -0.4 is 15.4 Å². The third-order valence-corrected chi connectivity index (χ3v) is 4.43. The fourth-order valence-corrected chi connectivity index (χ4v) is 2.74. The maximum absolute atomic E-state index is 12.0. The Morgan fingerprint density at radius 1 is 1.29 bits per heavy atom. The van der Waals surface area contributed by atoms with Crippen molar-refractivity contribution in [3.05, 3.63) is 29.8 Å². The van der Waals surface area contributed by atoms with E-state index in [1.807, 2.05) is 19.1 Å². The summed E-state index contributed by atoms with van der Waals surface area (Å²) in [5.41, 5.74) is 1.17. The first-order chi connectivity index (χ1) is 11.6. The van der Waals surface area contributed by atoms with Gasteiger partial charge in [0.1, 0.15) is 5.75 Å². The highest BCUT2D eigenvalue weighted by Gasteiger charge is 2.23. The zero-order valence-electron chi connectivity index (χ0n) is 14.9. The van der Waals surface area contributed by atoms with Crippen LogP contribution in [0.4, 0.5) is 4.79 Å². The van der Waals surface area contributed by atoms with Gasteiger partial charge in [0.05, 0.1) is 26.4 Å². The van der Waals surface area contributed by atoms with Gasteiger partial charge in [0.25, 0.3) is 0 Å². The summed E-state index contributed by atoms with van der Waals surface area (Å²) < 4.78 is 10.7. The van der Waals surface area contributed by atoms with E-state index in [4.69, 9.17) is 9.47 Å². The average Bonchev–Trinajstić information content (AvgIpc) is 2.63. The van der Waals surface area contributed by atoms with E-state index >= 15 is 0 Å². The predicted molar refractivity (Wildman–Crippen MR) is 94.4 cm³/mol. The van der Waals surface area contributed by atoms with Crippen molar-refractivity contribution in [1.29, 1.82) is 0 Å². The van der Waals surface area contributed by atoms with Gasteiger partial charge in [-0.15, -0.1) is 0 Å². The van der Waals surface area contributed by atoms with Crippen molar-refractivity contribution in [3.63, 3.8) is 0 Å². The van der Waals surface area contributed by atoms with Gasteiger partial charge in [0, 0.05) is 25.7 Å². The molecule has 1 saturated heterocycles. The third-order valence-electron chi connectivity index (χ3n) is 4.43. The fraction of sp³-hybridized carbons (Fsp3) is 0.611. The number of ether oxygens (including phenoxy) is 2. The fourth-order valence-electron chi connectivity index (χ4n) is 2.74. The number of carbonyl (C=O) groups excluding carboxylic acids is 1. The lowest BCUT2D eigenvalue weighted by Gasteiger charge is -2.35. The molecule has 0 bridgehead atoms. The third kappa shape index (κ3) is 5.39. The Hall–Kier alpha value is -1.79. The van der Waals surface area contributed by atoms with Gasteiger partial charge in [0.15, 0.2) is 0 Å². The van der Waals surface area contributed by atoms with Crippen molar-refractivity contribution >= 4 is 6.03 Å². The molecule has 0 aliphatic carbocycles. The van der Waals surface area contributed by atoms with E-state index in [9.17, 15) is 4.79 Å². The summed E-state index contributed by atoms with van der Waals surface area (Å²) in [5, 5.41) is 5.95. The van der Waals surface area contributed by atoms with Crippen molar-refractivity contribution in [2.75, 3.05) is 40.0 Å². The minimum absolute atomic E-state index is 0.115. The number of nitrogens with zero attached hydrogens (tertiary/aromatic N) is 1. The molecule has 1 fully saturated rings. The Bertz CT molecular complexity index is 501. The van der Waals surface area contributed by atoms with Gasteiger partial charge in [-0.1, -0.05) is 19.1 Å². The Kier molecular flexibility index (Phi) is 7.34. The van der Waals surface area contributed by atoms with Crippen LogP contribution in [0.25, 0.3) is 0 Å². The summed E-state index contributed by atoms with van der Waals surface area (Å²) in [6, 6.07) is 8.23. The second kappa shape index (κ2) is 9.49. The molecule has 0 saturated carbocycles. The summed E-state index contributed by atoms with van der Waals surface area (Å²) in [4.78, 5) is 14.4. The Balaban J connectivity index is 2.03. The van der Waals surface area contributed by atoms with Crippen LogP contribution in [0.15, 0.2) is 24.3 Å². The minimum atomic E-state index is -0.115. The van der Waals surface area contributed by atoms with Crippen molar-refractivity contribution in [2.24, 2.45) is 0 Å². The van der Waals surface area contributed by atoms with Gasteiger partial charge in [-0.25, -0.2) is 4.79 Å². The van der Waals surface area contributed by atoms with Crippen LogP contribution in [-0.4, -0.2) is 56.9 Å². The van der Waals surface area contributed by atoms with E-state index in [-0.39, 0.29) is 18.1 Å². The van der Waals surface area contributed by atoms with Gasteiger partial charge in [-0.05, 0) is 31.0 Å². The van der Waals surface area contributed by atoms with Crippen molar-refractivity contribution in [3.8, 4) is 5.75 Å². The minimum Gasteiger partial charge on any atom is -0.497 e. The van der Waals surface area contributed by atoms with Crippen LogP contribution in [0, 0.1) is 0 Å². The molecule has 1 aliphatic rings. The lowest BCUT2D eigenvalue weighted by molar-refractivity contribution is 0.0167. The molecule has 0 radical (unpaired) electrons. The van der Waals surface area contributed by atoms with Crippen LogP contribution in [0.2, 0.25) is 0 Å². The Morgan fingerprint density at radius 3 is 2.54 bits per heavy atom. The van der Waals surface area contributed by atoms with Gasteiger partial charge in [0.2, 0.25) is 0 Å². The smallest absolute Gasteiger partial charge is 0.315 e. The number of urea groups is 1. The highest BCUT2D eigenvalue weighted by atomic mass is 16.5. The quantitative estimate of drug-likeness (QED) is 0.802. The van der Waals surface area contributed by atoms with Crippen LogP contribution >= 0.6 is 0 Å². The summed E-state index contributed by atoms with van der Waals surface area (Å²) in [6.45, 7) is 7.81. The molecular weight excluding hydrogens is 306 g/mol. The van der Waals surface area contributed by atoms with Crippen LogP contribution in [0.5, 0.6) is 5.75 Å². The molecule has 0 aromatic heterocycles. The lowest BCUT2D eigenvalue weighted by Crippen LogP contribution is -2.47. The lowest BCUT2D eigenvalue weighted by atomic mass is 10.0. The van der Waals surface area contributed by atoms with Crippen molar-refractivity contribution in [2.45, 2.75) is 32.4 Å². The van der Waals surface area contributed by atoms with Crippen molar-refractivity contribution in [1.82, 2.24) is 15.5 Å². The molecule has 0 spiro atoms. The number of morpholine rings is 1. The van der Waals surface area contributed by atoms with Crippen LogP contribution in [0.3, 0.4) is 0 Å². The monoisotopic (exact) mass is 335 g/mol. The number of nitrogens with one attached hydrogen (secondary N) is 2. The highest BCUT2D eigenvalue weighted by Crippen LogP contribution is 2.23. The summed E-state index contributed by atoms with van der Waals surface area (Å²) >= 11 is 0. The molecule has 2 N–H and O–H groups in total. The average molecular weight is 335 g/mol. The first-order valence-corrected chi connectivity index (χ1v) is 8.64. The largest absolute Gasteiger partial charge is 0.497 e. The maximum Gasteiger partial charge on any atom is 0.315 e. The molecule has 134 valence electrons. The SMILES string of the molecule is CCC(C)NC(=O)NCC(c1ccc(OC)cc1)N1CCOCC1. The van der Waals surface area contributed by atoms with E-state index in [1.54, 1.807) is 7.11 Å². The van der Waals surface area contributed by atoms with E-state index in [0.29, 0.717) is 6.54 Å². The molecule has 1 heterocycles. The summed E-state index contributed by atoms with van der Waals surface area (Å²) in [7, 11) is 1.66. The number of benzene rings is 1. The number of amides is 2. The number of methoxy groups -OCH3 is 1. The highest BCUT2D eigenvalue weighted by molar-refractivity contribution is 5.74. The number of hydrogen-bond donors (Lipinski definition) is 2. The van der Waals surface area contributed by atoms with Gasteiger partial charge in [-0.3, -0.25) is 4.90 Å². The standard InChI is InChI=1S/C18H29N3O3/c1-4-14(2)20-18(22)19-13-17(21-9-11-24-12-10-21)15-5-7-16(23-3)8-6-15/h5-8,14,17H,4,9-13H2,1-3H3,(H2,19,20,22). The topological polar surface area (TPSA) is 62.8 Å². The molecule has 6 nitrogen and oxygen atoms in total. The zero-order chi connectivity index (χ0) is 17.4. The second-order valence-electron chi connectivity index (χ2n) is 6.10. The molecule has 1 aromatic carbocycles. The first kappa shape index (κ1) is 18.5. The Labute approximate surface area is 144 Å². The van der Waals surface area contributed by atoms with Gasteiger partial charge in [-0.2, -0.15) is 0 Å².